The highest BCUT2D eigenvalue weighted by molar-refractivity contribution is 7.47. The Kier molecular flexibility index (Phi) is 57.6. The van der Waals surface area contributed by atoms with Gasteiger partial charge in [0.05, 0.1) is 26.4 Å². The number of phosphoric acid groups is 2. The molecule has 0 aromatic carbocycles. The second-order valence-electron chi connectivity index (χ2n) is 26.4. The molecule has 17 nitrogen and oxygen atoms in total. The average Bonchev–Trinajstić information content (AvgIpc) is 3.70. The minimum absolute atomic E-state index is 0.104. The van der Waals surface area contributed by atoms with Gasteiger partial charge in [0.2, 0.25) is 0 Å². The van der Waals surface area contributed by atoms with E-state index >= 15 is 0 Å². The molecular weight excluding hydrogens is 1160 g/mol. The molecule has 0 radical (unpaired) electrons. The van der Waals surface area contributed by atoms with Crippen molar-refractivity contribution in [2.75, 3.05) is 39.6 Å². The number of esters is 4. The fourth-order valence-electron chi connectivity index (χ4n) is 10.2. The van der Waals surface area contributed by atoms with E-state index in [1.54, 1.807) is 0 Å². The van der Waals surface area contributed by atoms with Gasteiger partial charge in [-0.3, -0.25) is 37.3 Å². The van der Waals surface area contributed by atoms with Crippen LogP contribution in [0, 0.1) is 23.7 Å². The summed E-state index contributed by atoms with van der Waals surface area (Å²) in [6.45, 7) is 14.1. The van der Waals surface area contributed by atoms with Gasteiger partial charge in [-0.05, 0) is 49.4 Å². The Labute approximate surface area is 537 Å². The van der Waals surface area contributed by atoms with E-state index in [0.29, 0.717) is 31.6 Å². The SMILES string of the molecule is CCC(C)CCCCCCCCCCCCC(=O)O[C@H](COC(=O)CCCCCCCCC(C)C)COP(=O)(O)OC[C@H](O)COP(=O)(O)OC[C@@H](COC(=O)CCCCCCCCCCCCC(C)C)OC(=O)CCCCCCCCCCC(C)CC. The predicted molar refractivity (Wildman–Crippen MR) is 354 cm³/mol. The van der Waals surface area contributed by atoms with Crippen molar-refractivity contribution in [3.63, 3.8) is 0 Å². The van der Waals surface area contributed by atoms with Crippen LogP contribution in [-0.4, -0.2) is 96.7 Å². The fraction of sp³-hybridized carbons (Fsp3) is 0.942. The number of carbonyl (C=O) groups excluding carboxylic acids is 4. The Morgan fingerprint density at radius 1 is 0.318 bits per heavy atom. The Morgan fingerprint density at radius 3 is 0.807 bits per heavy atom. The highest BCUT2D eigenvalue weighted by Gasteiger charge is 2.30. The minimum atomic E-state index is -4.95. The Morgan fingerprint density at radius 2 is 0.545 bits per heavy atom. The van der Waals surface area contributed by atoms with Gasteiger partial charge >= 0.3 is 39.5 Å². The molecule has 0 fully saturated rings. The summed E-state index contributed by atoms with van der Waals surface area (Å²) in [5, 5.41) is 10.6. The first-order valence-corrected chi connectivity index (χ1v) is 38.8. The molecule has 0 aromatic heterocycles. The number of unbranched alkanes of at least 4 members (excludes halogenated alkanes) is 30. The number of rotatable bonds is 66. The standard InChI is InChI=1S/C69H134O17P2/c1-9-61(7)47-39-31-22-16-12-14-18-25-35-43-51-68(73)85-65(56-80-67(72)50-42-34-28-27-30-38-46-60(5)6)58-84-88(77,78)82-54-63(70)53-81-87(75,76)83-57-64(86-69(74)52-44-36-26-20-19-23-32-40-48-62(8)10-2)55-79-66(71)49-41-33-24-17-13-11-15-21-29-37-45-59(3)4/h59-65,70H,9-58H2,1-8H3,(H,75,76)(H,77,78)/t61?,62?,63-,64-,65-/m1/s1. The van der Waals surface area contributed by atoms with Gasteiger partial charge in [0.25, 0.3) is 0 Å². The van der Waals surface area contributed by atoms with Gasteiger partial charge in [0.15, 0.2) is 12.2 Å². The van der Waals surface area contributed by atoms with E-state index in [-0.39, 0.29) is 25.7 Å². The molecule has 0 aliphatic carbocycles. The Balaban J connectivity index is 5.26. The lowest BCUT2D eigenvalue weighted by Crippen LogP contribution is -2.30. The van der Waals surface area contributed by atoms with Crippen LogP contribution in [0.5, 0.6) is 0 Å². The summed E-state index contributed by atoms with van der Waals surface area (Å²) < 4.78 is 68.2. The van der Waals surface area contributed by atoms with E-state index in [2.05, 4.69) is 55.4 Å². The Bertz CT molecular complexity index is 1750. The van der Waals surface area contributed by atoms with Crippen molar-refractivity contribution in [2.24, 2.45) is 23.7 Å². The first-order valence-electron chi connectivity index (χ1n) is 35.8. The van der Waals surface area contributed by atoms with Crippen LogP contribution in [-0.2, 0) is 65.4 Å². The Hall–Kier alpha value is -1.94. The van der Waals surface area contributed by atoms with Crippen LogP contribution in [0.3, 0.4) is 0 Å². The molecule has 0 spiro atoms. The number of aliphatic hydroxyl groups is 1. The van der Waals surface area contributed by atoms with Crippen LogP contribution in [0.15, 0.2) is 0 Å². The lowest BCUT2D eigenvalue weighted by Gasteiger charge is -2.21. The second-order valence-corrected chi connectivity index (χ2v) is 29.3. The van der Waals surface area contributed by atoms with Gasteiger partial charge in [-0.2, -0.15) is 0 Å². The third kappa shape index (κ3) is 60.3. The second kappa shape index (κ2) is 58.8. The summed E-state index contributed by atoms with van der Waals surface area (Å²) in [7, 11) is -9.90. The first-order chi connectivity index (χ1) is 42.2. The minimum Gasteiger partial charge on any atom is -0.462 e. The van der Waals surface area contributed by atoms with Crippen molar-refractivity contribution in [1.29, 1.82) is 0 Å². The fourth-order valence-corrected chi connectivity index (χ4v) is 11.8. The van der Waals surface area contributed by atoms with E-state index in [1.165, 1.54) is 135 Å². The van der Waals surface area contributed by atoms with Gasteiger partial charge in [0, 0.05) is 25.7 Å². The van der Waals surface area contributed by atoms with Crippen LogP contribution < -0.4 is 0 Å². The molecule has 0 aliphatic heterocycles. The maximum Gasteiger partial charge on any atom is 0.472 e. The van der Waals surface area contributed by atoms with Gasteiger partial charge in [0.1, 0.15) is 19.3 Å². The molecule has 0 bridgehead atoms. The van der Waals surface area contributed by atoms with Crippen molar-refractivity contribution in [3.05, 3.63) is 0 Å². The molecule has 4 unspecified atom stereocenters. The molecule has 0 rings (SSSR count). The number of aliphatic hydroxyl groups excluding tert-OH is 1. The number of carbonyl (C=O) groups is 4. The number of phosphoric ester groups is 2. The predicted octanol–water partition coefficient (Wildman–Crippen LogP) is 19.3. The van der Waals surface area contributed by atoms with E-state index in [0.717, 1.165) is 114 Å². The maximum absolute atomic E-state index is 13.0. The van der Waals surface area contributed by atoms with Crippen LogP contribution in [0.25, 0.3) is 0 Å². The molecular formula is C69H134O17P2. The quantitative estimate of drug-likeness (QED) is 0.0222. The summed E-state index contributed by atoms with van der Waals surface area (Å²) in [5.74, 6) is 0.877. The number of ether oxygens (including phenoxy) is 4. The number of hydrogen-bond acceptors (Lipinski definition) is 15. The molecule has 0 aromatic rings. The van der Waals surface area contributed by atoms with Crippen LogP contribution >= 0.6 is 15.6 Å². The highest BCUT2D eigenvalue weighted by Crippen LogP contribution is 2.45. The van der Waals surface area contributed by atoms with E-state index in [9.17, 15) is 43.2 Å². The molecule has 0 amide bonds. The molecule has 0 saturated carbocycles. The smallest absolute Gasteiger partial charge is 0.462 e. The first kappa shape index (κ1) is 86.1. The van der Waals surface area contributed by atoms with Crippen LogP contribution in [0.4, 0.5) is 0 Å². The summed E-state index contributed by atoms with van der Waals surface area (Å²) in [5.41, 5.74) is 0. The average molecular weight is 1300 g/mol. The van der Waals surface area contributed by atoms with Crippen LogP contribution in [0.1, 0.15) is 338 Å². The normalized spacial score (nSPS) is 14.9. The topological polar surface area (TPSA) is 237 Å². The third-order valence-electron chi connectivity index (χ3n) is 16.5. The summed E-state index contributed by atoms with van der Waals surface area (Å²) in [4.78, 5) is 72.5. The van der Waals surface area contributed by atoms with Gasteiger partial charge < -0.3 is 33.8 Å². The lowest BCUT2D eigenvalue weighted by molar-refractivity contribution is -0.161. The zero-order valence-corrected chi connectivity index (χ0v) is 59.1. The molecule has 7 atom stereocenters. The highest BCUT2D eigenvalue weighted by atomic mass is 31.2. The van der Waals surface area contributed by atoms with Crippen molar-refractivity contribution >= 4 is 39.5 Å². The summed E-state index contributed by atoms with van der Waals surface area (Å²) in [6, 6.07) is 0. The van der Waals surface area contributed by atoms with Crippen molar-refractivity contribution in [1.82, 2.24) is 0 Å². The van der Waals surface area contributed by atoms with E-state index < -0.39 is 97.5 Å². The molecule has 522 valence electrons. The molecule has 0 heterocycles. The molecule has 88 heavy (non-hydrogen) atoms. The van der Waals surface area contributed by atoms with Crippen LogP contribution in [0.2, 0.25) is 0 Å². The summed E-state index contributed by atoms with van der Waals surface area (Å²) in [6.07, 6.45) is 40.3. The van der Waals surface area contributed by atoms with Crippen molar-refractivity contribution < 1.29 is 80.2 Å². The maximum atomic E-state index is 13.0. The number of hydrogen-bond donors (Lipinski definition) is 3. The van der Waals surface area contributed by atoms with Gasteiger partial charge in [-0.25, -0.2) is 9.13 Å². The monoisotopic (exact) mass is 1300 g/mol. The van der Waals surface area contributed by atoms with Crippen molar-refractivity contribution in [3.8, 4) is 0 Å². The van der Waals surface area contributed by atoms with E-state index in [1.807, 2.05) is 0 Å². The largest absolute Gasteiger partial charge is 0.472 e. The molecule has 0 saturated heterocycles. The van der Waals surface area contributed by atoms with Gasteiger partial charge in [-0.15, -0.1) is 0 Å². The van der Waals surface area contributed by atoms with E-state index in [4.69, 9.17) is 37.0 Å². The molecule has 19 heteroatoms. The zero-order chi connectivity index (χ0) is 65.4. The molecule has 3 N–H and O–H groups in total. The lowest BCUT2D eigenvalue weighted by atomic mass is 9.99. The van der Waals surface area contributed by atoms with Crippen molar-refractivity contribution in [2.45, 2.75) is 356 Å². The zero-order valence-electron chi connectivity index (χ0n) is 57.3. The molecule has 0 aliphatic rings. The van der Waals surface area contributed by atoms with Gasteiger partial charge in [-0.1, -0.05) is 287 Å². The summed E-state index contributed by atoms with van der Waals surface area (Å²) >= 11 is 0. The third-order valence-corrected chi connectivity index (χ3v) is 18.4.